The van der Waals surface area contributed by atoms with Crippen molar-refractivity contribution < 1.29 is 19.1 Å². The molecule has 8 nitrogen and oxygen atoms in total. The summed E-state index contributed by atoms with van der Waals surface area (Å²) >= 11 is 0. The van der Waals surface area contributed by atoms with Crippen LogP contribution in [0, 0.1) is 0 Å². The molecule has 1 aromatic carbocycles. The quantitative estimate of drug-likeness (QED) is 0.771. The summed E-state index contributed by atoms with van der Waals surface area (Å²) in [6.45, 7) is 4.06. The number of anilines is 1. The third kappa shape index (κ3) is 4.77. The normalized spacial score (nSPS) is 14.9. The highest BCUT2D eigenvalue weighted by Crippen LogP contribution is 2.29. The van der Waals surface area contributed by atoms with Crippen molar-refractivity contribution >= 4 is 17.6 Å². The van der Waals surface area contributed by atoms with Crippen LogP contribution < -0.4 is 19.7 Å². The van der Waals surface area contributed by atoms with Gasteiger partial charge in [-0.2, -0.15) is 0 Å². The van der Waals surface area contributed by atoms with Crippen LogP contribution in [-0.4, -0.2) is 62.1 Å². The Kier molecular flexibility index (Phi) is 6.54. The molecule has 1 saturated heterocycles. The second-order valence-electron chi connectivity index (χ2n) is 6.78. The van der Waals surface area contributed by atoms with E-state index in [0.717, 1.165) is 11.4 Å². The van der Waals surface area contributed by atoms with E-state index in [-0.39, 0.29) is 6.04 Å². The Balaban J connectivity index is 1.56. The van der Waals surface area contributed by atoms with Crippen LogP contribution in [-0.2, 0) is 9.59 Å². The molecule has 1 atom stereocenters. The summed E-state index contributed by atoms with van der Waals surface area (Å²) < 4.78 is 10.5. The molecule has 29 heavy (non-hydrogen) atoms. The Labute approximate surface area is 170 Å². The minimum absolute atomic E-state index is 0.346. The third-order valence-electron chi connectivity index (χ3n) is 4.99. The molecule has 154 valence electrons. The predicted molar refractivity (Wildman–Crippen MR) is 109 cm³/mol. The zero-order valence-electron chi connectivity index (χ0n) is 16.9. The maximum absolute atomic E-state index is 12.6. The fourth-order valence-electron chi connectivity index (χ4n) is 3.29. The second kappa shape index (κ2) is 9.27. The molecule has 3 rings (SSSR count). The number of hydrogen-bond donors (Lipinski definition) is 1. The van der Waals surface area contributed by atoms with Crippen LogP contribution in [0.15, 0.2) is 42.6 Å². The first kappa shape index (κ1) is 20.4. The minimum atomic E-state index is -0.612. The number of amides is 2. The van der Waals surface area contributed by atoms with Gasteiger partial charge in [-0.1, -0.05) is 12.1 Å². The lowest BCUT2D eigenvalue weighted by atomic mass is 10.1. The first-order valence-electron chi connectivity index (χ1n) is 9.51. The van der Waals surface area contributed by atoms with Crippen LogP contribution in [0.5, 0.6) is 11.5 Å². The summed E-state index contributed by atoms with van der Waals surface area (Å²) in [6, 6.07) is 10.8. The Bertz CT molecular complexity index is 851. The molecule has 2 amide bonds. The molecular weight excluding hydrogens is 372 g/mol. The van der Waals surface area contributed by atoms with Gasteiger partial charge in [0.05, 0.1) is 20.3 Å². The molecule has 0 bridgehead atoms. The average molecular weight is 398 g/mol. The molecule has 1 unspecified atom stereocenters. The number of piperazine rings is 1. The summed E-state index contributed by atoms with van der Waals surface area (Å²) in [5, 5.41) is 2.77. The molecular formula is C21H26N4O4. The first-order chi connectivity index (χ1) is 14.0. The minimum Gasteiger partial charge on any atom is -0.493 e. The maximum atomic E-state index is 12.6. The van der Waals surface area contributed by atoms with Gasteiger partial charge >= 0.3 is 11.8 Å². The van der Waals surface area contributed by atoms with Crippen molar-refractivity contribution in [2.75, 3.05) is 45.3 Å². The monoisotopic (exact) mass is 398 g/mol. The van der Waals surface area contributed by atoms with Crippen LogP contribution in [0.4, 0.5) is 5.82 Å². The lowest BCUT2D eigenvalue weighted by molar-refractivity contribution is -0.146. The third-order valence-corrected chi connectivity index (χ3v) is 4.99. The Morgan fingerprint density at radius 2 is 1.76 bits per heavy atom. The van der Waals surface area contributed by atoms with Gasteiger partial charge in [-0.25, -0.2) is 4.98 Å². The molecule has 1 fully saturated rings. The van der Waals surface area contributed by atoms with E-state index in [4.69, 9.17) is 9.47 Å². The standard InChI is InChI=1S/C21H26N4O4/c1-15(16-7-8-17(28-2)18(14-16)29-3)23-20(26)21(27)25-12-10-24(11-13-25)19-6-4-5-9-22-19/h4-9,14-15H,10-13H2,1-3H3,(H,23,26). The first-order valence-corrected chi connectivity index (χ1v) is 9.51. The molecule has 1 aromatic heterocycles. The maximum Gasteiger partial charge on any atom is 0.312 e. The van der Waals surface area contributed by atoms with Crippen molar-refractivity contribution in [2.45, 2.75) is 13.0 Å². The molecule has 0 saturated carbocycles. The van der Waals surface area contributed by atoms with Crippen molar-refractivity contribution in [2.24, 2.45) is 0 Å². The zero-order valence-corrected chi connectivity index (χ0v) is 16.9. The zero-order chi connectivity index (χ0) is 20.8. The van der Waals surface area contributed by atoms with Gasteiger partial charge < -0.3 is 24.6 Å². The predicted octanol–water partition coefficient (Wildman–Crippen LogP) is 1.62. The van der Waals surface area contributed by atoms with E-state index in [2.05, 4.69) is 15.2 Å². The molecule has 1 N–H and O–H groups in total. The van der Waals surface area contributed by atoms with Gasteiger partial charge in [0.1, 0.15) is 5.82 Å². The van der Waals surface area contributed by atoms with Gasteiger partial charge in [-0.15, -0.1) is 0 Å². The number of benzene rings is 1. The number of ether oxygens (including phenoxy) is 2. The van der Waals surface area contributed by atoms with E-state index in [1.54, 1.807) is 37.4 Å². The number of methoxy groups -OCH3 is 2. The number of carbonyl (C=O) groups excluding carboxylic acids is 2. The van der Waals surface area contributed by atoms with E-state index < -0.39 is 11.8 Å². The number of hydrogen-bond acceptors (Lipinski definition) is 6. The van der Waals surface area contributed by atoms with E-state index in [0.29, 0.717) is 37.7 Å². The topological polar surface area (TPSA) is 84.0 Å². The highest BCUT2D eigenvalue weighted by Gasteiger charge is 2.27. The molecule has 8 heteroatoms. The number of aromatic nitrogens is 1. The SMILES string of the molecule is COc1ccc(C(C)NC(=O)C(=O)N2CCN(c3ccccn3)CC2)cc1OC. The average Bonchev–Trinajstić information content (AvgIpc) is 2.78. The van der Waals surface area contributed by atoms with Gasteiger partial charge in [0.2, 0.25) is 0 Å². The van der Waals surface area contributed by atoms with E-state index in [1.807, 2.05) is 31.2 Å². The smallest absolute Gasteiger partial charge is 0.312 e. The van der Waals surface area contributed by atoms with Crippen molar-refractivity contribution in [1.82, 2.24) is 15.2 Å². The Morgan fingerprint density at radius 1 is 1.03 bits per heavy atom. The summed E-state index contributed by atoms with van der Waals surface area (Å²) in [6.07, 6.45) is 1.75. The van der Waals surface area contributed by atoms with Gasteiger partial charge in [-0.3, -0.25) is 9.59 Å². The van der Waals surface area contributed by atoms with Crippen molar-refractivity contribution in [3.8, 4) is 11.5 Å². The van der Waals surface area contributed by atoms with E-state index >= 15 is 0 Å². The molecule has 2 heterocycles. The highest BCUT2D eigenvalue weighted by molar-refractivity contribution is 6.35. The van der Waals surface area contributed by atoms with Crippen LogP contribution in [0.2, 0.25) is 0 Å². The second-order valence-corrected chi connectivity index (χ2v) is 6.78. The molecule has 2 aromatic rings. The van der Waals surface area contributed by atoms with Crippen molar-refractivity contribution in [3.05, 3.63) is 48.2 Å². The molecule has 0 aliphatic carbocycles. The lowest BCUT2D eigenvalue weighted by Gasteiger charge is -2.35. The molecule has 1 aliphatic heterocycles. The summed E-state index contributed by atoms with van der Waals surface area (Å²) in [7, 11) is 3.12. The molecule has 1 aliphatic rings. The van der Waals surface area contributed by atoms with Crippen LogP contribution >= 0.6 is 0 Å². The highest BCUT2D eigenvalue weighted by atomic mass is 16.5. The van der Waals surface area contributed by atoms with Gasteiger partial charge in [0.15, 0.2) is 11.5 Å². The summed E-state index contributed by atoms with van der Waals surface area (Å²) in [5.74, 6) is 0.933. The fourth-order valence-corrected chi connectivity index (χ4v) is 3.29. The van der Waals surface area contributed by atoms with Gasteiger partial charge in [-0.05, 0) is 36.8 Å². The largest absolute Gasteiger partial charge is 0.493 e. The number of carbonyl (C=O) groups is 2. The summed E-state index contributed by atoms with van der Waals surface area (Å²) in [5.41, 5.74) is 0.823. The van der Waals surface area contributed by atoms with Crippen LogP contribution in [0.1, 0.15) is 18.5 Å². The van der Waals surface area contributed by atoms with E-state index in [1.165, 1.54) is 0 Å². The van der Waals surface area contributed by atoms with Crippen LogP contribution in [0.25, 0.3) is 0 Å². The van der Waals surface area contributed by atoms with Crippen LogP contribution in [0.3, 0.4) is 0 Å². The fraction of sp³-hybridized carbons (Fsp3) is 0.381. The number of pyridine rings is 1. The van der Waals surface area contributed by atoms with E-state index in [9.17, 15) is 9.59 Å². The van der Waals surface area contributed by atoms with Crippen molar-refractivity contribution in [1.29, 1.82) is 0 Å². The Hall–Kier alpha value is -3.29. The lowest BCUT2D eigenvalue weighted by Crippen LogP contribution is -2.53. The van der Waals surface area contributed by atoms with Gasteiger partial charge in [0, 0.05) is 32.4 Å². The number of nitrogens with zero attached hydrogens (tertiary/aromatic N) is 3. The van der Waals surface area contributed by atoms with Gasteiger partial charge in [0.25, 0.3) is 0 Å². The molecule has 0 radical (unpaired) electrons. The number of rotatable bonds is 5. The summed E-state index contributed by atoms with van der Waals surface area (Å²) in [4.78, 5) is 33.1. The molecule has 0 spiro atoms. The Morgan fingerprint density at radius 3 is 2.38 bits per heavy atom. The number of nitrogens with one attached hydrogen (secondary N) is 1. The van der Waals surface area contributed by atoms with Crippen molar-refractivity contribution in [3.63, 3.8) is 0 Å².